The molecule has 0 radical (unpaired) electrons. The first kappa shape index (κ1) is 17.4. The zero-order valence-electron chi connectivity index (χ0n) is 13.7. The van der Waals surface area contributed by atoms with Gasteiger partial charge in [0.2, 0.25) is 5.75 Å². The second-order valence-corrected chi connectivity index (χ2v) is 4.77. The highest BCUT2D eigenvalue weighted by Gasteiger charge is 2.10. The number of pyridine rings is 1. The van der Waals surface area contributed by atoms with E-state index in [9.17, 15) is 4.79 Å². The van der Waals surface area contributed by atoms with E-state index < -0.39 is 0 Å². The summed E-state index contributed by atoms with van der Waals surface area (Å²) in [6, 6.07) is 10.6. The average Bonchev–Trinajstić information content (AvgIpc) is 2.64. The van der Waals surface area contributed by atoms with Crippen LogP contribution in [0, 0.1) is 0 Å². The fourth-order valence-electron chi connectivity index (χ4n) is 2.03. The minimum absolute atomic E-state index is 0.276. The van der Waals surface area contributed by atoms with Gasteiger partial charge in [0.15, 0.2) is 11.5 Å². The van der Waals surface area contributed by atoms with Crippen molar-refractivity contribution in [2.75, 3.05) is 27.4 Å². The molecule has 1 aromatic heterocycles. The number of ether oxygens (including phenoxy) is 3. The fraction of sp³-hybridized carbons (Fsp3) is 0.294. The molecule has 0 fully saturated rings. The Morgan fingerprint density at radius 2 is 1.88 bits per heavy atom. The van der Waals surface area contributed by atoms with Crippen LogP contribution in [-0.4, -0.2) is 38.4 Å². The Balaban J connectivity index is 1.72. The summed E-state index contributed by atoms with van der Waals surface area (Å²) in [6.07, 6.45) is 1.68. The smallest absolute Gasteiger partial charge is 0.315 e. The number of carbonyl (C=O) groups is 1. The zero-order valence-corrected chi connectivity index (χ0v) is 13.7. The number of amides is 2. The van der Waals surface area contributed by atoms with Gasteiger partial charge in [0, 0.05) is 6.20 Å². The fourth-order valence-corrected chi connectivity index (χ4v) is 2.03. The zero-order chi connectivity index (χ0) is 17.2. The van der Waals surface area contributed by atoms with Crippen molar-refractivity contribution in [1.82, 2.24) is 15.6 Å². The number of rotatable bonds is 8. The van der Waals surface area contributed by atoms with Gasteiger partial charge in [-0.2, -0.15) is 0 Å². The standard InChI is InChI=1S/C17H21N3O4/c1-22-14-7-5-8-15(16(14)23-2)24-11-10-19-17(21)20-12-13-6-3-4-9-18-13/h3-9H,10-12H2,1-2H3,(H2,19,20,21). The van der Waals surface area contributed by atoms with E-state index in [2.05, 4.69) is 15.6 Å². The number of nitrogens with zero attached hydrogens (tertiary/aromatic N) is 1. The van der Waals surface area contributed by atoms with Gasteiger partial charge < -0.3 is 24.8 Å². The summed E-state index contributed by atoms with van der Waals surface area (Å²) in [4.78, 5) is 15.8. The highest BCUT2D eigenvalue weighted by atomic mass is 16.5. The van der Waals surface area contributed by atoms with E-state index in [1.807, 2.05) is 24.3 Å². The van der Waals surface area contributed by atoms with E-state index in [4.69, 9.17) is 14.2 Å². The molecular weight excluding hydrogens is 310 g/mol. The Kier molecular flexibility index (Phi) is 6.70. The van der Waals surface area contributed by atoms with Crippen molar-refractivity contribution < 1.29 is 19.0 Å². The summed E-state index contributed by atoms with van der Waals surface area (Å²) in [5, 5.41) is 5.44. The number of urea groups is 1. The number of para-hydroxylation sites is 1. The lowest BCUT2D eigenvalue weighted by Crippen LogP contribution is -2.37. The molecule has 128 valence electrons. The predicted molar refractivity (Wildman–Crippen MR) is 89.5 cm³/mol. The van der Waals surface area contributed by atoms with Crippen molar-refractivity contribution >= 4 is 6.03 Å². The lowest BCUT2D eigenvalue weighted by molar-refractivity contribution is 0.234. The Hall–Kier alpha value is -2.96. The molecule has 0 aliphatic carbocycles. The van der Waals surface area contributed by atoms with E-state index in [1.54, 1.807) is 32.5 Å². The molecule has 7 nitrogen and oxygen atoms in total. The van der Waals surface area contributed by atoms with Crippen molar-refractivity contribution in [3.8, 4) is 17.2 Å². The van der Waals surface area contributed by atoms with Gasteiger partial charge in [0.05, 0.1) is 33.0 Å². The van der Waals surface area contributed by atoms with E-state index in [1.165, 1.54) is 0 Å². The van der Waals surface area contributed by atoms with Crippen LogP contribution in [-0.2, 0) is 6.54 Å². The van der Waals surface area contributed by atoms with Gasteiger partial charge in [-0.3, -0.25) is 4.98 Å². The van der Waals surface area contributed by atoms with Crippen molar-refractivity contribution in [1.29, 1.82) is 0 Å². The molecule has 1 heterocycles. The first-order chi connectivity index (χ1) is 11.7. The average molecular weight is 331 g/mol. The van der Waals surface area contributed by atoms with E-state index in [-0.39, 0.29) is 6.03 Å². The lowest BCUT2D eigenvalue weighted by atomic mass is 10.3. The Morgan fingerprint density at radius 1 is 1.04 bits per heavy atom. The van der Waals surface area contributed by atoms with Crippen LogP contribution in [0.15, 0.2) is 42.6 Å². The van der Waals surface area contributed by atoms with Gasteiger partial charge in [-0.25, -0.2) is 4.79 Å². The summed E-state index contributed by atoms with van der Waals surface area (Å²) in [5.74, 6) is 1.68. The van der Waals surface area contributed by atoms with Crippen molar-refractivity contribution in [3.05, 3.63) is 48.3 Å². The molecule has 0 atom stereocenters. The van der Waals surface area contributed by atoms with Gasteiger partial charge in [-0.1, -0.05) is 12.1 Å². The topological polar surface area (TPSA) is 81.7 Å². The Labute approximate surface area is 140 Å². The third kappa shape index (κ3) is 5.05. The lowest BCUT2D eigenvalue weighted by Gasteiger charge is -2.13. The van der Waals surface area contributed by atoms with Crippen LogP contribution in [0.3, 0.4) is 0 Å². The van der Waals surface area contributed by atoms with Gasteiger partial charge in [0.25, 0.3) is 0 Å². The van der Waals surface area contributed by atoms with E-state index >= 15 is 0 Å². The summed E-state index contributed by atoms with van der Waals surface area (Å²) in [7, 11) is 3.11. The van der Waals surface area contributed by atoms with Crippen LogP contribution < -0.4 is 24.8 Å². The second kappa shape index (κ2) is 9.24. The number of carbonyl (C=O) groups excluding carboxylic acids is 1. The molecule has 2 rings (SSSR count). The predicted octanol–water partition coefficient (Wildman–Crippen LogP) is 1.98. The summed E-state index contributed by atoms with van der Waals surface area (Å²) < 4.78 is 16.1. The second-order valence-electron chi connectivity index (χ2n) is 4.77. The van der Waals surface area contributed by atoms with Gasteiger partial charge >= 0.3 is 6.03 Å². The molecule has 0 aliphatic heterocycles. The van der Waals surface area contributed by atoms with Crippen molar-refractivity contribution in [3.63, 3.8) is 0 Å². The molecule has 0 saturated heterocycles. The summed E-state index contributed by atoms with van der Waals surface area (Å²) in [5.41, 5.74) is 0.796. The molecule has 0 bridgehead atoms. The number of benzene rings is 1. The van der Waals surface area contributed by atoms with Crippen LogP contribution in [0.2, 0.25) is 0 Å². The molecule has 7 heteroatoms. The summed E-state index contributed by atoms with van der Waals surface area (Å²) in [6.45, 7) is 1.03. The number of aromatic nitrogens is 1. The van der Waals surface area contributed by atoms with Crippen LogP contribution in [0.25, 0.3) is 0 Å². The molecule has 0 spiro atoms. The SMILES string of the molecule is COc1cccc(OCCNC(=O)NCc2ccccn2)c1OC. The molecule has 2 amide bonds. The molecule has 0 unspecified atom stereocenters. The maximum atomic E-state index is 11.7. The molecule has 1 aromatic carbocycles. The third-order valence-electron chi connectivity index (χ3n) is 3.17. The Morgan fingerprint density at radius 3 is 2.58 bits per heavy atom. The molecule has 2 aromatic rings. The van der Waals surface area contributed by atoms with Crippen molar-refractivity contribution in [2.24, 2.45) is 0 Å². The van der Waals surface area contributed by atoms with Crippen LogP contribution in [0.4, 0.5) is 4.79 Å². The van der Waals surface area contributed by atoms with Gasteiger partial charge in [-0.15, -0.1) is 0 Å². The van der Waals surface area contributed by atoms with Gasteiger partial charge in [0.1, 0.15) is 6.61 Å². The van der Waals surface area contributed by atoms with Crippen LogP contribution in [0.5, 0.6) is 17.2 Å². The maximum Gasteiger partial charge on any atom is 0.315 e. The van der Waals surface area contributed by atoms with Gasteiger partial charge in [-0.05, 0) is 24.3 Å². The number of methoxy groups -OCH3 is 2. The minimum Gasteiger partial charge on any atom is -0.493 e. The van der Waals surface area contributed by atoms with Crippen LogP contribution in [0.1, 0.15) is 5.69 Å². The highest BCUT2D eigenvalue weighted by Crippen LogP contribution is 2.36. The molecule has 24 heavy (non-hydrogen) atoms. The normalized spacial score (nSPS) is 9.92. The van der Waals surface area contributed by atoms with E-state index in [0.29, 0.717) is 36.9 Å². The molecule has 0 saturated carbocycles. The molecular formula is C17H21N3O4. The number of hydrogen-bond donors (Lipinski definition) is 2. The maximum absolute atomic E-state index is 11.7. The van der Waals surface area contributed by atoms with Crippen molar-refractivity contribution in [2.45, 2.75) is 6.54 Å². The molecule has 0 aliphatic rings. The van der Waals surface area contributed by atoms with E-state index in [0.717, 1.165) is 5.69 Å². The first-order valence-corrected chi connectivity index (χ1v) is 7.50. The quantitative estimate of drug-likeness (QED) is 0.723. The molecule has 2 N–H and O–H groups in total. The van der Waals surface area contributed by atoms with Crippen LogP contribution >= 0.6 is 0 Å². The first-order valence-electron chi connectivity index (χ1n) is 7.50. The monoisotopic (exact) mass is 331 g/mol. The summed E-state index contributed by atoms with van der Waals surface area (Å²) >= 11 is 0. The third-order valence-corrected chi connectivity index (χ3v) is 3.17. The number of nitrogens with one attached hydrogen (secondary N) is 2. The highest BCUT2D eigenvalue weighted by molar-refractivity contribution is 5.73. The number of hydrogen-bond acceptors (Lipinski definition) is 5. The minimum atomic E-state index is -0.276. The Bertz CT molecular complexity index is 650. The largest absolute Gasteiger partial charge is 0.493 e.